The molecule has 0 saturated carbocycles. The number of fused-ring (bicyclic) bond motifs is 1. The largest absolute Gasteiger partial charge is 0.324 e. The number of rotatable bonds is 4. The van der Waals surface area contributed by atoms with Gasteiger partial charge in [0.2, 0.25) is 5.95 Å². The molecule has 2 heterocycles. The summed E-state index contributed by atoms with van der Waals surface area (Å²) in [5.41, 5.74) is 2.99. The van der Waals surface area contributed by atoms with Crippen molar-refractivity contribution in [2.24, 2.45) is 0 Å². The summed E-state index contributed by atoms with van der Waals surface area (Å²) >= 11 is 0. The Labute approximate surface area is 118 Å². The zero-order valence-corrected chi connectivity index (χ0v) is 11.8. The van der Waals surface area contributed by atoms with E-state index in [1.807, 2.05) is 31.3 Å². The second-order valence-electron chi connectivity index (χ2n) is 4.94. The molecule has 4 nitrogen and oxygen atoms in total. The van der Waals surface area contributed by atoms with E-state index in [2.05, 4.69) is 45.1 Å². The van der Waals surface area contributed by atoms with Gasteiger partial charge >= 0.3 is 0 Å². The molecule has 0 aliphatic rings. The Bertz CT molecular complexity index is 730. The van der Waals surface area contributed by atoms with Crippen molar-refractivity contribution in [3.8, 4) is 0 Å². The number of benzene rings is 1. The topological polar surface area (TPSA) is 42.7 Å². The second-order valence-corrected chi connectivity index (χ2v) is 4.94. The molecule has 0 unspecified atom stereocenters. The zero-order valence-electron chi connectivity index (χ0n) is 11.8. The first-order valence-electron chi connectivity index (χ1n) is 6.92. The van der Waals surface area contributed by atoms with Crippen LogP contribution >= 0.6 is 0 Å². The van der Waals surface area contributed by atoms with Crippen LogP contribution in [0, 0.1) is 6.92 Å². The molecule has 20 heavy (non-hydrogen) atoms. The third kappa shape index (κ3) is 2.50. The number of para-hydroxylation sites is 1. The van der Waals surface area contributed by atoms with Gasteiger partial charge in [-0.1, -0.05) is 25.1 Å². The number of hydrogen-bond acceptors (Lipinski definition) is 3. The number of aryl methyl sites for hydroxylation is 2. The summed E-state index contributed by atoms with van der Waals surface area (Å²) in [5, 5.41) is 4.49. The number of nitrogens with zero attached hydrogens (tertiary/aromatic N) is 3. The van der Waals surface area contributed by atoms with Gasteiger partial charge < -0.3 is 9.88 Å². The number of hydrogen-bond donors (Lipinski definition) is 1. The summed E-state index contributed by atoms with van der Waals surface area (Å²) in [6.07, 6.45) is 5.00. The first-order chi connectivity index (χ1) is 9.76. The SMILES string of the molecule is CCCn1cc(C)nc1Nc1cnc2ccccc2c1. The van der Waals surface area contributed by atoms with Gasteiger partial charge in [0, 0.05) is 18.1 Å². The van der Waals surface area contributed by atoms with E-state index in [1.165, 1.54) is 0 Å². The Morgan fingerprint density at radius 1 is 1.25 bits per heavy atom. The van der Waals surface area contributed by atoms with Crippen LogP contribution in [0.4, 0.5) is 11.6 Å². The summed E-state index contributed by atoms with van der Waals surface area (Å²) in [5.74, 6) is 0.876. The molecule has 4 heteroatoms. The van der Waals surface area contributed by atoms with Crippen LogP contribution in [0.15, 0.2) is 42.7 Å². The molecular formula is C16H18N4. The molecular weight excluding hydrogens is 248 g/mol. The van der Waals surface area contributed by atoms with Crippen molar-refractivity contribution < 1.29 is 0 Å². The van der Waals surface area contributed by atoms with E-state index >= 15 is 0 Å². The molecule has 0 radical (unpaired) electrons. The van der Waals surface area contributed by atoms with E-state index < -0.39 is 0 Å². The summed E-state index contributed by atoms with van der Waals surface area (Å²) in [7, 11) is 0. The molecule has 0 amide bonds. The first-order valence-corrected chi connectivity index (χ1v) is 6.92. The average Bonchev–Trinajstić information content (AvgIpc) is 2.79. The lowest BCUT2D eigenvalue weighted by molar-refractivity contribution is 0.686. The van der Waals surface area contributed by atoms with Crippen molar-refractivity contribution in [1.29, 1.82) is 0 Å². The average molecular weight is 266 g/mol. The smallest absolute Gasteiger partial charge is 0.207 e. The van der Waals surface area contributed by atoms with Crippen LogP contribution in [-0.4, -0.2) is 14.5 Å². The van der Waals surface area contributed by atoms with Crippen LogP contribution in [0.3, 0.4) is 0 Å². The zero-order chi connectivity index (χ0) is 13.9. The van der Waals surface area contributed by atoms with Gasteiger partial charge in [-0.25, -0.2) is 4.98 Å². The predicted octanol–water partition coefficient (Wildman–Crippen LogP) is 3.89. The molecule has 1 aromatic carbocycles. The fourth-order valence-corrected chi connectivity index (χ4v) is 2.33. The molecule has 0 spiro atoms. The van der Waals surface area contributed by atoms with Crippen molar-refractivity contribution in [1.82, 2.24) is 14.5 Å². The van der Waals surface area contributed by atoms with E-state index in [0.717, 1.165) is 41.2 Å². The van der Waals surface area contributed by atoms with Crippen molar-refractivity contribution in [3.05, 3.63) is 48.4 Å². The molecule has 0 aliphatic carbocycles. The van der Waals surface area contributed by atoms with E-state index in [-0.39, 0.29) is 0 Å². The lowest BCUT2D eigenvalue weighted by Crippen LogP contribution is -2.02. The standard InChI is InChI=1S/C16H18N4/c1-3-8-20-11-12(2)18-16(20)19-14-9-13-6-4-5-7-15(13)17-10-14/h4-7,9-11H,3,8H2,1-2H3,(H,18,19). The minimum absolute atomic E-state index is 0.876. The lowest BCUT2D eigenvalue weighted by atomic mass is 10.2. The highest BCUT2D eigenvalue weighted by Crippen LogP contribution is 2.20. The number of aromatic nitrogens is 3. The third-order valence-corrected chi connectivity index (χ3v) is 3.21. The van der Waals surface area contributed by atoms with Gasteiger partial charge in [0.25, 0.3) is 0 Å². The molecule has 0 saturated heterocycles. The van der Waals surface area contributed by atoms with Gasteiger partial charge in [-0.05, 0) is 25.5 Å². The molecule has 3 aromatic rings. The van der Waals surface area contributed by atoms with Crippen molar-refractivity contribution in [3.63, 3.8) is 0 Å². The first kappa shape index (κ1) is 12.7. The molecule has 3 rings (SSSR count). The van der Waals surface area contributed by atoms with E-state index in [0.29, 0.717) is 0 Å². The summed E-state index contributed by atoms with van der Waals surface area (Å²) in [6, 6.07) is 10.2. The quantitative estimate of drug-likeness (QED) is 0.779. The summed E-state index contributed by atoms with van der Waals surface area (Å²) < 4.78 is 2.14. The van der Waals surface area contributed by atoms with Crippen LogP contribution in [0.5, 0.6) is 0 Å². The summed E-state index contributed by atoms with van der Waals surface area (Å²) in [6.45, 7) is 5.14. The molecule has 0 atom stereocenters. The maximum Gasteiger partial charge on any atom is 0.207 e. The van der Waals surface area contributed by atoms with Crippen LogP contribution in [0.25, 0.3) is 10.9 Å². The highest BCUT2D eigenvalue weighted by atomic mass is 15.2. The summed E-state index contributed by atoms with van der Waals surface area (Å²) in [4.78, 5) is 8.99. The maximum absolute atomic E-state index is 4.53. The van der Waals surface area contributed by atoms with E-state index in [4.69, 9.17) is 0 Å². The fraction of sp³-hybridized carbons (Fsp3) is 0.250. The normalized spacial score (nSPS) is 10.9. The van der Waals surface area contributed by atoms with E-state index in [9.17, 15) is 0 Å². The highest BCUT2D eigenvalue weighted by molar-refractivity contribution is 5.82. The fourth-order valence-electron chi connectivity index (χ4n) is 2.33. The Morgan fingerprint density at radius 2 is 2.10 bits per heavy atom. The van der Waals surface area contributed by atoms with Crippen molar-refractivity contribution >= 4 is 22.5 Å². The number of nitrogens with one attached hydrogen (secondary N) is 1. The highest BCUT2D eigenvalue weighted by Gasteiger charge is 2.06. The number of imidazole rings is 1. The molecule has 0 aliphatic heterocycles. The van der Waals surface area contributed by atoms with Gasteiger partial charge in [-0.3, -0.25) is 4.98 Å². The Kier molecular flexibility index (Phi) is 3.37. The molecule has 102 valence electrons. The van der Waals surface area contributed by atoms with Crippen LogP contribution in [-0.2, 0) is 6.54 Å². The van der Waals surface area contributed by atoms with Crippen LogP contribution in [0.1, 0.15) is 19.0 Å². The second kappa shape index (κ2) is 5.33. The maximum atomic E-state index is 4.53. The Morgan fingerprint density at radius 3 is 2.95 bits per heavy atom. The molecule has 2 aromatic heterocycles. The van der Waals surface area contributed by atoms with Gasteiger partial charge in [0.15, 0.2) is 0 Å². The van der Waals surface area contributed by atoms with Crippen molar-refractivity contribution in [2.75, 3.05) is 5.32 Å². The van der Waals surface area contributed by atoms with Gasteiger partial charge in [-0.2, -0.15) is 0 Å². The molecule has 0 fully saturated rings. The lowest BCUT2D eigenvalue weighted by Gasteiger charge is -2.09. The third-order valence-electron chi connectivity index (χ3n) is 3.21. The minimum Gasteiger partial charge on any atom is -0.324 e. The van der Waals surface area contributed by atoms with Crippen LogP contribution in [0.2, 0.25) is 0 Å². The Balaban J connectivity index is 1.92. The number of anilines is 2. The Hall–Kier alpha value is -2.36. The van der Waals surface area contributed by atoms with Crippen molar-refractivity contribution in [2.45, 2.75) is 26.8 Å². The van der Waals surface area contributed by atoms with Gasteiger partial charge in [0.1, 0.15) is 0 Å². The van der Waals surface area contributed by atoms with Crippen LogP contribution < -0.4 is 5.32 Å². The number of pyridine rings is 1. The van der Waals surface area contributed by atoms with Gasteiger partial charge in [0.05, 0.1) is 23.1 Å². The molecule has 1 N–H and O–H groups in total. The minimum atomic E-state index is 0.876. The van der Waals surface area contributed by atoms with Gasteiger partial charge in [-0.15, -0.1) is 0 Å². The van der Waals surface area contributed by atoms with E-state index in [1.54, 1.807) is 0 Å². The monoisotopic (exact) mass is 266 g/mol. The molecule has 0 bridgehead atoms. The predicted molar refractivity (Wildman–Crippen MR) is 82.3 cm³/mol.